The molecule has 0 aliphatic heterocycles. The Hall–Kier alpha value is -2.27. The van der Waals surface area contributed by atoms with E-state index < -0.39 is 23.7 Å². The maximum absolute atomic E-state index is 13.7. The van der Waals surface area contributed by atoms with Crippen molar-refractivity contribution in [1.82, 2.24) is 5.32 Å². The molecule has 22 heavy (non-hydrogen) atoms. The summed E-state index contributed by atoms with van der Waals surface area (Å²) in [6, 6.07) is 11.5. The molecule has 116 valence electrons. The van der Waals surface area contributed by atoms with Gasteiger partial charge in [-0.05, 0) is 32.0 Å². The zero-order chi connectivity index (χ0) is 16.1. The van der Waals surface area contributed by atoms with E-state index in [4.69, 9.17) is 0 Å². The SMILES string of the molecule is C[C@@H](N[C@H](C)c1ccc(F)cc1F)C(=O)Nc1ccccc1. The second-order valence-electron chi connectivity index (χ2n) is 5.13. The summed E-state index contributed by atoms with van der Waals surface area (Å²) in [6.45, 7) is 3.42. The molecule has 2 rings (SSSR count). The molecule has 0 saturated carbocycles. The van der Waals surface area contributed by atoms with Crippen molar-refractivity contribution in [1.29, 1.82) is 0 Å². The lowest BCUT2D eigenvalue weighted by molar-refractivity contribution is -0.117. The normalized spacial score (nSPS) is 13.5. The molecule has 0 fully saturated rings. The van der Waals surface area contributed by atoms with Crippen LogP contribution in [0.1, 0.15) is 25.5 Å². The van der Waals surface area contributed by atoms with Gasteiger partial charge in [-0.3, -0.25) is 10.1 Å². The summed E-state index contributed by atoms with van der Waals surface area (Å²) in [6.07, 6.45) is 0. The summed E-state index contributed by atoms with van der Waals surface area (Å²) < 4.78 is 26.6. The molecule has 0 bridgehead atoms. The third-order valence-corrected chi connectivity index (χ3v) is 3.36. The van der Waals surface area contributed by atoms with Crippen LogP contribution in [0.2, 0.25) is 0 Å². The van der Waals surface area contributed by atoms with Gasteiger partial charge < -0.3 is 5.32 Å². The standard InChI is InChI=1S/C17H18F2N2O/c1-11(15-9-8-13(18)10-16(15)19)20-12(2)17(22)21-14-6-4-3-5-7-14/h3-12,20H,1-2H3,(H,21,22)/t11-,12-/m1/s1. The fourth-order valence-electron chi connectivity index (χ4n) is 2.17. The van der Waals surface area contributed by atoms with Crippen molar-refractivity contribution in [3.05, 3.63) is 65.7 Å². The van der Waals surface area contributed by atoms with Gasteiger partial charge in [0.15, 0.2) is 0 Å². The number of amides is 1. The van der Waals surface area contributed by atoms with Crippen molar-refractivity contribution in [2.45, 2.75) is 25.9 Å². The number of para-hydroxylation sites is 1. The van der Waals surface area contributed by atoms with Gasteiger partial charge in [-0.1, -0.05) is 24.3 Å². The first kappa shape index (κ1) is 16.1. The average molecular weight is 304 g/mol. The number of anilines is 1. The molecule has 0 unspecified atom stereocenters. The van der Waals surface area contributed by atoms with Crippen LogP contribution in [0.5, 0.6) is 0 Å². The Morgan fingerprint density at radius 1 is 1.05 bits per heavy atom. The van der Waals surface area contributed by atoms with Crippen LogP contribution >= 0.6 is 0 Å². The highest BCUT2D eigenvalue weighted by molar-refractivity contribution is 5.94. The molecule has 0 spiro atoms. The summed E-state index contributed by atoms with van der Waals surface area (Å²) in [5.74, 6) is -1.47. The van der Waals surface area contributed by atoms with Gasteiger partial charge in [0.1, 0.15) is 11.6 Å². The van der Waals surface area contributed by atoms with Gasteiger partial charge in [0, 0.05) is 23.4 Å². The van der Waals surface area contributed by atoms with E-state index in [0.717, 1.165) is 6.07 Å². The molecular formula is C17H18F2N2O. The highest BCUT2D eigenvalue weighted by Gasteiger charge is 2.18. The van der Waals surface area contributed by atoms with E-state index in [2.05, 4.69) is 10.6 Å². The smallest absolute Gasteiger partial charge is 0.241 e. The number of hydrogen-bond donors (Lipinski definition) is 2. The van der Waals surface area contributed by atoms with E-state index in [1.165, 1.54) is 12.1 Å². The Balaban J connectivity index is 1.98. The molecule has 1 amide bonds. The van der Waals surface area contributed by atoms with Crippen molar-refractivity contribution in [3.8, 4) is 0 Å². The Morgan fingerprint density at radius 3 is 2.36 bits per heavy atom. The summed E-state index contributed by atoms with van der Waals surface area (Å²) >= 11 is 0. The van der Waals surface area contributed by atoms with Gasteiger partial charge in [0.25, 0.3) is 0 Å². The van der Waals surface area contributed by atoms with Crippen molar-refractivity contribution in [2.75, 3.05) is 5.32 Å². The molecule has 0 heterocycles. The first-order valence-corrected chi connectivity index (χ1v) is 7.04. The Labute approximate surface area is 128 Å². The molecule has 2 aromatic rings. The molecule has 5 heteroatoms. The number of halogens is 2. The number of carbonyl (C=O) groups is 1. The first-order chi connectivity index (χ1) is 10.5. The van der Waals surface area contributed by atoms with E-state index in [1.807, 2.05) is 18.2 Å². The average Bonchev–Trinajstić information content (AvgIpc) is 2.47. The van der Waals surface area contributed by atoms with Crippen LogP contribution < -0.4 is 10.6 Å². The van der Waals surface area contributed by atoms with E-state index in [1.54, 1.807) is 26.0 Å². The minimum atomic E-state index is -0.629. The van der Waals surface area contributed by atoms with Crippen molar-refractivity contribution in [3.63, 3.8) is 0 Å². The number of rotatable bonds is 5. The van der Waals surface area contributed by atoms with E-state index in [-0.39, 0.29) is 5.91 Å². The predicted molar refractivity (Wildman–Crippen MR) is 82.4 cm³/mol. The molecule has 0 aliphatic rings. The third-order valence-electron chi connectivity index (χ3n) is 3.36. The highest BCUT2D eigenvalue weighted by atomic mass is 19.1. The third kappa shape index (κ3) is 4.11. The van der Waals surface area contributed by atoms with E-state index in [9.17, 15) is 13.6 Å². The number of hydrogen-bond acceptors (Lipinski definition) is 2. The molecule has 0 radical (unpaired) electrons. The summed E-state index contributed by atoms with van der Waals surface area (Å²) in [5, 5.41) is 5.77. The van der Waals surface area contributed by atoms with Gasteiger partial charge in [0.2, 0.25) is 5.91 Å². The van der Waals surface area contributed by atoms with Gasteiger partial charge in [0.05, 0.1) is 6.04 Å². The fraction of sp³-hybridized carbons (Fsp3) is 0.235. The Bertz CT molecular complexity index is 646. The fourth-order valence-corrected chi connectivity index (χ4v) is 2.17. The van der Waals surface area contributed by atoms with Crippen LogP contribution in [0, 0.1) is 11.6 Å². The molecule has 3 nitrogen and oxygen atoms in total. The van der Waals surface area contributed by atoms with Crippen LogP contribution in [0.15, 0.2) is 48.5 Å². The minimum Gasteiger partial charge on any atom is -0.325 e. The van der Waals surface area contributed by atoms with Crippen LogP contribution in [0.3, 0.4) is 0 Å². The van der Waals surface area contributed by atoms with Gasteiger partial charge in [-0.15, -0.1) is 0 Å². The van der Waals surface area contributed by atoms with E-state index in [0.29, 0.717) is 11.3 Å². The summed E-state index contributed by atoms with van der Waals surface area (Å²) in [5.41, 5.74) is 1.02. The largest absolute Gasteiger partial charge is 0.325 e. The zero-order valence-corrected chi connectivity index (χ0v) is 12.4. The van der Waals surface area contributed by atoms with Gasteiger partial charge >= 0.3 is 0 Å². The summed E-state index contributed by atoms with van der Waals surface area (Å²) in [7, 11) is 0. The monoisotopic (exact) mass is 304 g/mol. The summed E-state index contributed by atoms with van der Waals surface area (Å²) in [4.78, 5) is 12.1. The molecule has 2 atom stereocenters. The van der Waals surface area contributed by atoms with Crippen LogP contribution in [0.25, 0.3) is 0 Å². The van der Waals surface area contributed by atoms with Crippen LogP contribution in [0.4, 0.5) is 14.5 Å². The van der Waals surface area contributed by atoms with Crippen molar-refractivity contribution < 1.29 is 13.6 Å². The number of benzene rings is 2. The molecule has 0 saturated heterocycles. The second kappa shape index (κ2) is 7.13. The maximum atomic E-state index is 13.7. The minimum absolute atomic E-state index is 0.222. The number of carbonyl (C=O) groups excluding carboxylic acids is 1. The topological polar surface area (TPSA) is 41.1 Å². The van der Waals surface area contributed by atoms with Crippen molar-refractivity contribution >= 4 is 11.6 Å². The second-order valence-corrected chi connectivity index (χ2v) is 5.13. The quantitative estimate of drug-likeness (QED) is 0.885. The van der Waals surface area contributed by atoms with E-state index >= 15 is 0 Å². The zero-order valence-electron chi connectivity index (χ0n) is 12.4. The van der Waals surface area contributed by atoms with Gasteiger partial charge in [-0.2, -0.15) is 0 Å². The molecule has 0 aliphatic carbocycles. The first-order valence-electron chi connectivity index (χ1n) is 7.04. The molecular weight excluding hydrogens is 286 g/mol. The lowest BCUT2D eigenvalue weighted by atomic mass is 10.1. The van der Waals surface area contributed by atoms with Gasteiger partial charge in [-0.25, -0.2) is 8.78 Å². The predicted octanol–water partition coefficient (Wildman–Crippen LogP) is 3.64. The maximum Gasteiger partial charge on any atom is 0.241 e. The Kier molecular flexibility index (Phi) is 5.22. The highest BCUT2D eigenvalue weighted by Crippen LogP contribution is 2.18. The molecule has 2 aromatic carbocycles. The van der Waals surface area contributed by atoms with Crippen molar-refractivity contribution in [2.24, 2.45) is 0 Å². The van der Waals surface area contributed by atoms with Crippen LogP contribution in [-0.4, -0.2) is 11.9 Å². The number of nitrogens with one attached hydrogen (secondary N) is 2. The lowest BCUT2D eigenvalue weighted by Crippen LogP contribution is -2.39. The molecule has 0 aromatic heterocycles. The lowest BCUT2D eigenvalue weighted by Gasteiger charge is -2.20. The Morgan fingerprint density at radius 2 is 1.73 bits per heavy atom. The van der Waals surface area contributed by atoms with Crippen LogP contribution in [-0.2, 0) is 4.79 Å². The molecule has 2 N–H and O–H groups in total.